The molecule has 3 rings (SSSR count). The topological polar surface area (TPSA) is 72.6 Å². The zero-order chi connectivity index (χ0) is 13.6. The van der Waals surface area contributed by atoms with E-state index in [1.54, 1.807) is 16.4 Å². The lowest BCUT2D eigenvalue weighted by molar-refractivity contribution is 0.333. The maximum absolute atomic E-state index is 12.6. The molecule has 1 aliphatic heterocycles. The monoisotopic (exact) mass is 282 g/mol. The largest absolute Gasteiger partial charge is 0.495 e. The number of nitrogens with two attached hydrogens (primary N) is 1. The van der Waals surface area contributed by atoms with Gasteiger partial charge >= 0.3 is 0 Å². The van der Waals surface area contributed by atoms with E-state index < -0.39 is 10.0 Å². The number of nitrogens with zero attached hydrogens (tertiary/aromatic N) is 1. The van der Waals surface area contributed by atoms with Gasteiger partial charge in [0, 0.05) is 18.7 Å². The highest BCUT2D eigenvalue weighted by molar-refractivity contribution is 7.89. The van der Waals surface area contributed by atoms with Crippen molar-refractivity contribution >= 4 is 15.7 Å². The fourth-order valence-corrected chi connectivity index (χ4v) is 4.92. The number of fused-ring (bicyclic) bond motifs is 2. The predicted molar refractivity (Wildman–Crippen MR) is 72.4 cm³/mol. The molecule has 1 heterocycles. The maximum atomic E-state index is 12.6. The van der Waals surface area contributed by atoms with Gasteiger partial charge in [-0.1, -0.05) is 0 Å². The third kappa shape index (κ3) is 1.99. The second kappa shape index (κ2) is 4.38. The van der Waals surface area contributed by atoms with Crippen molar-refractivity contribution in [2.24, 2.45) is 5.92 Å². The minimum atomic E-state index is -3.42. The molecule has 2 N–H and O–H groups in total. The van der Waals surface area contributed by atoms with E-state index in [1.165, 1.54) is 13.2 Å². The van der Waals surface area contributed by atoms with Gasteiger partial charge in [-0.15, -0.1) is 0 Å². The van der Waals surface area contributed by atoms with Crippen molar-refractivity contribution in [1.82, 2.24) is 4.31 Å². The van der Waals surface area contributed by atoms with Crippen LogP contribution in [-0.2, 0) is 10.0 Å². The fourth-order valence-electron chi connectivity index (χ4n) is 3.16. The van der Waals surface area contributed by atoms with Crippen LogP contribution in [0.5, 0.6) is 5.75 Å². The molecule has 2 atom stereocenters. The van der Waals surface area contributed by atoms with Crippen molar-refractivity contribution in [3.8, 4) is 5.75 Å². The van der Waals surface area contributed by atoms with Gasteiger partial charge in [-0.25, -0.2) is 8.42 Å². The molecule has 6 heteroatoms. The highest BCUT2D eigenvalue weighted by atomic mass is 32.2. The summed E-state index contributed by atoms with van der Waals surface area (Å²) in [6, 6.07) is 4.83. The summed E-state index contributed by atoms with van der Waals surface area (Å²) < 4.78 is 32.0. The third-order valence-corrected chi connectivity index (χ3v) is 6.08. The van der Waals surface area contributed by atoms with Crippen LogP contribution in [0.15, 0.2) is 23.1 Å². The van der Waals surface area contributed by atoms with E-state index in [4.69, 9.17) is 10.5 Å². The van der Waals surface area contributed by atoms with Gasteiger partial charge in [0.15, 0.2) is 0 Å². The van der Waals surface area contributed by atoms with Crippen molar-refractivity contribution in [3.63, 3.8) is 0 Å². The highest BCUT2D eigenvalue weighted by Crippen LogP contribution is 2.41. The van der Waals surface area contributed by atoms with Crippen LogP contribution < -0.4 is 10.5 Å². The van der Waals surface area contributed by atoms with Crippen LogP contribution in [0.4, 0.5) is 5.69 Å². The van der Waals surface area contributed by atoms with Gasteiger partial charge in [0.25, 0.3) is 0 Å². The Bertz CT molecular complexity index is 600. The van der Waals surface area contributed by atoms with Gasteiger partial charge in [-0.2, -0.15) is 4.31 Å². The van der Waals surface area contributed by atoms with Crippen molar-refractivity contribution in [3.05, 3.63) is 18.2 Å². The Labute approximate surface area is 113 Å². The second-order valence-electron chi connectivity index (χ2n) is 5.31. The summed E-state index contributed by atoms with van der Waals surface area (Å²) in [5.74, 6) is 0.945. The summed E-state index contributed by atoms with van der Waals surface area (Å²) >= 11 is 0. The minimum absolute atomic E-state index is 0.179. The molecule has 5 nitrogen and oxygen atoms in total. The van der Waals surface area contributed by atoms with E-state index >= 15 is 0 Å². The van der Waals surface area contributed by atoms with E-state index in [0.717, 1.165) is 19.3 Å². The Morgan fingerprint density at radius 2 is 2.16 bits per heavy atom. The Morgan fingerprint density at radius 3 is 2.74 bits per heavy atom. The number of hydrogen-bond donors (Lipinski definition) is 1. The molecule has 1 saturated heterocycles. The standard InChI is InChI=1S/C13H18N2O3S/c1-18-13-7-11(4-5-12(13)14)19(16,17)15-8-9-2-3-10(15)6-9/h4-5,7,9-10H,2-3,6,8,14H2,1H3. The summed E-state index contributed by atoms with van der Waals surface area (Å²) in [6.07, 6.45) is 3.14. The number of ether oxygens (including phenoxy) is 1. The normalized spacial score (nSPS) is 26.8. The zero-order valence-corrected chi connectivity index (χ0v) is 11.7. The number of anilines is 1. The van der Waals surface area contributed by atoms with Gasteiger partial charge in [0.2, 0.25) is 10.0 Å². The third-order valence-electron chi connectivity index (χ3n) is 4.17. The van der Waals surface area contributed by atoms with Gasteiger partial charge in [-0.05, 0) is 37.3 Å². The minimum Gasteiger partial charge on any atom is -0.495 e. The first-order chi connectivity index (χ1) is 9.02. The van der Waals surface area contributed by atoms with E-state index in [-0.39, 0.29) is 10.9 Å². The summed E-state index contributed by atoms with van der Waals surface area (Å²) in [5, 5.41) is 0. The molecule has 19 heavy (non-hydrogen) atoms. The predicted octanol–water partition coefficient (Wildman–Crippen LogP) is 1.45. The molecule has 0 radical (unpaired) electrons. The van der Waals surface area contributed by atoms with E-state index in [2.05, 4.69) is 0 Å². The maximum Gasteiger partial charge on any atom is 0.243 e. The zero-order valence-electron chi connectivity index (χ0n) is 10.9. The molecular formula is C13H18N2O3S. The molecule has 104 valence electrons. The van der Waals surface area contributed by atoms with E-state index in [9.17, 15) is 8.42 Å². The summed E-state index contributed by atoms with van der Waals surface area (Å²) in [4.78, 5) is 0.270. The molecule has 0 amide bonds. The van der Waals surface area contributed by atoms with Crippen LogP contribution in [0.2, 0.25) is 0 Å². The first-order valence-electron chi connectivity index (χ1n) is 6.47. The molecule has 0 spiro atoms. The lowest BCUT2D eigenvalue weighted by atomic mass is 10.1. The van der Waals surface area contributed by atoms with E-state index in [1.807, 2.05) is 0 Å². The average Bonchev–Trinajstić information content (AvgIpc) is 3.01. The van der Waals surface area contributed by atoms with Crippen LogP contribution in [0.3, 0.4) is 0 Å². The molecule has 1 aromatic carbocycles. The number of sulfonamides is 1. The van der Waals surface area contributed by atoms with Crippen LogP contribution in [0.25, 0.3) is 0 Å². The first-order valence-corrected chi connectivity index (χ1v) is 7.91. The van der Waals surface area contributed by atoms with Crippen molar-refractivity contribution in [1.29, 1.82) is 0 Å². The van der Waals surface area contributed by atoms with Gasteiger partial charge in [-0.3, -0.25) is 0 Å². The number of benzene rings is 1. The molecule has 2 fully saturated rings. The summed E-state index contributed by atoms with van der Waals surface area (Å²) in [7, 11) is -1.94. The number of piperidine rings is 1. The molecule has 2 unspecified atom stereocenters. The Balaban J connectivity index is 1.96. The number of nitrogen functional groups attached to an aromatic ring is 1. The van der Waals surface area contributed by atoms with Gasteiger partial charge in [0.05, 0.1) is 17.7 Å². The Kier molecular flexibility index (Phi) is 2.94. The summed E-state index contributed by atoms with van der Waals surface area (Å²) in [5.41, 5.74) is 6.17. The molecule has 2 bridgehead atoms. The number of methoxy groups -OCH3 is 1. The molecular weight excluding hydrogens is 264 g/mol. The van der Waals surface area contributed by atoms with Crippen LogP contribution in [-0.4, -0.2) is 32.4 Å². The fraction of sp³-hybridized carbons (Fsp3) is 0.538. The van der Waals surface area contributed by atoms with Crippen molar-refractivity contribution < 1.29 is 13.2 Å². The number of hydrogen-bond acceptors (Lipinski definition) is 4. The lowest BCUT2D eigenvalue weighted by Crippen LogP contribution is -2.37. The quantitative estimate of drug-likeness (QED) is 0.852. The highest BCUT2D eigenvalue weighted by Gasteiger charge is 2.44. The van der Waals surface area contributed by atoms with Gasteiger partial charge < -0.3 is 10.5 Å². The smallest absolute Gasteiger partial charge is 0.243 e. The first kappa shape index (κ1) is 12.7. The van der Waals surface area contributed by atoms with Crippen LogP contribution in [0, 0.1) is 5.92 Å². The van der Waals surface area contributed by atoms with Crippen molar-refractivity contribution in [2.75, 3.05) is 19.4 Å². The van der Waals surface area contributed by atoms with Crippen LogP contribution >= 0.6 is 0 Å². The van der Waals surface area contributed by atoms with Crippen molar-refractivity contribution in [2.45, 2.75) is 30.2 Å². The molecule has 1 aliphatic carbocycles. The molecule has 2 aliphatic rings. The SMILES string of the molecule is COc1cc(S(=O)(=O)N2CC3CCC2C3)ccc1N. The molecule has 1 saturated carbocycles. The van der Waals surface area contributed by atoms with Gasteiger partial charge in [0.1, 0.15) is 5.75 Å². The number of rotatable bonds is 3. The Hall–Kier alpha value is -1.27. The Morgan fingerprint density at radius 1 is 1.37 bits per heavy atom. The lowest BCUT2D eigenvalue weighted by Gasteiger charge is -2.26. The molecule has 0 aromatic heterocycles. The molecule has 1 aromatic rings. The average molecular weight is 282 g/mol. The van der Waals surface area contributed by atoms with E-state index in [0.29, 0.717) is 23.9 Å². The second-order valence-corrected chi connectivity index (χ2v) is 7.20. The van der Waals surface area contributed by atoms with Crippen LogP contribution in [0.1, 0.15) is 19.3 Å². The summed E-state index contributed by atoms with van der Waals surface area (Å²) in [6.45, 7) is 0.652.